The molecule has 1 N–H and O–H groups in total. The van der Waals surface area contributed by atoms with Crippen LogP contribution in [-0.2, 0) is 11.2 Å². The third kappa shape index (κ3) is 3.13. The summed E-state index contributed by atoms with van der Waals surface area (Å²) in [6.07, 6.45) is 0.563. The number of hydrogen-bond acceptors (Lipinski definition) is 2. The molecule has 0 aliphatic heterocycles. The Morgan fingerprint density at radius 3 is 2.67 bits per heavy atom. The van der Waals surface area contributed by atoms with Crippen LogP contribution in [0, 0.1) is 0 Å². The first-order valence-electron chi connectivity index (χ1n) is 4.69. The molecule has 0 heterocycles. The summed E-state index contributed by atoms with van der Waals surface area (Å²) in [7, 11) is 3.83. The van der Waals surface area contributed by atoms with Crippen LogP contribution in [0.5, 0.6) is 0 Å². The molecule has 1 rings (SSSR count). The van der Waals surface area contributed by atoms with Crippen molar-refractivity contribution >= 4 is 23.3 Å². The summed E-state index contributed by atoms with van der Waals surface area (Å²) in [6.45, 7) is 0. The lowest BCUT2D eigenvalue weighted by Crippen LogP contribution is -2.12. The van der Waals surface area contributed by atoms with Crippen LogP contribution in [0.3, 0.4) is 0 Å². The Balaban J connectivity index is 2.97. The SMILES string of the molecule is CN(C)c1cccc(Cl)c1CCC(=O)O. The molecule has 0 saturated heterocycles. The Hall–Kier alpha value is -1.22. The second-order valence-electron chi connectivity index (χ2n) is 3.53. The van der Waals surface area contributed by atoms with Crippen LogP contribution in [0.1, 0.15) is 12.0 Å². The molecule has 1 aromatic rings. The van der Waals surface area contributed by atoms with E-state index in [-0.39, 0.29) is 6.42 Å². The Morgan fingerprint density at radius 2 is 2.13 bits per heavy atom. The van der Waals surface area contributed by atoms with Gasteiger partial charge in [0.05, 0.1) is 0 Å². The molecule has 3 nitrogen and oxygen atoms in total. The standard InChI is InChI=1S/C11H14ClNO2/c1-13(2)10-5-3-4-9(12)8(10)6-7-11(14)15/h3-5H,6-7H2,1-2H3,(H,14,15). The zero-order valence-electron chi connectivity index (χ0n) is 8.83. The predicted octanol–water partition coefficient (Wildman–Crippen LogP) is 2.42. The third-order valence-electron chi connectivity index (χ3n) is 2.16. The Bertz CT molecular complexity index is 364. The zero-order valence-corrected chi connectivity index (χ0v) is 9.58. The average molecular weight is 228 g/mol. The lowest BCUT2D eigenvalue weighted by atomic mass is 10.1. The summed E-state index contributed by atoms with van der Waals surface area (Å²) >= 11 is 6.04. The molecule has 82 valence electrons. The number of rotatable bonds is 4. The Labute approximate surface area is 94.3 Å². The summed E-state index contributed by atoms with van der Waals surface area (Å²) < 4.78 is 0. The van der Waals surface area contributed by atoms with Crippen molar-refractivity contribution < 1.29 is 9.90 Å². The maximum absolute atomic E-state index is 10.5. The highest BCUT2D eigenvalue weighted by Crippen LogP contribution is 2.27. The number of halogens is 1. The van der Waals surface area contributed by atoms with Crippen LogP contribution < -0.4 is 4.90 Å². The minimum absolute atomic E-state index is 0.102. The highest BCUT2D eigenvalue weighted by atomic mass is 35.5. The lowest BCUT2D eigenvalue weighted by Gasteiger charge is -2.18. The van der Waals surface area contributed by atoms with E-state index in [2.05, 4.69) is 0 Å². The molecule has 0 aromatic heterocycles. The Kier molecular flexibility index (Phi) is 3.97. The average Bonchev–Trinajstić information content (AvgIpc) is 2.15. The molecule has 0 bridgehead atoms. The molecular formula is C11H14ClNO2. The number of carboxylic acid groups (broad SMARTS) is 1. The van der Waals surface area contributed by atoms with Gasteiger partial charge in [0.2, 0.25) is 0 Å². The second kappa shape index (κ2) is 5.03. The third-order valence-corrected chi connectivity index (χ3v) is 2.52. The van der Waals surface area contributed by atoms with Gasteiger partial charge in [0.15, 0.2) is 0 Å². The van der Waals surface area contributed by atoms with E-state index in [1.807, 2.05) is 31.1 Å². The van der Waals surface area contributed by atoms with Gasteiger partial charge in [-0.25, -0.2) is 0 Å². The summed E-state index contributed by atoms with van der Waals surface area (Å²) in [5, 5.41) is 9.27. The maximum atomic E-state index is 10.5. The van der Waals surface area contributed by atoms with Gasteiger partial charge in [0.25, 0.3) is 0 Å². The van der Waals surface area contributed by atoms with Gasteiger partial charge in [-0.05, 0) is 24.1 Å². The smallest absolute Gasteiger partial charge is 0.303 e. The highest BCUT2D eigenvalue weighted by Gasteiger charge is 2.10. The van der Waals surface area contributed by atoms with Crippen molar-refractivity contribution in [1.82, 2.24) is 0 Å². The molecular weight excluding hydrogens is 214 g/mol. The molecule has 0 spiro atoms. The van der Waals surface area contributed by atoms with Gasteiger partial charge in [-0.1, -0.05) is 17.7 Å². The van der Waals surface area contributed by atoms with Gasteiger partial charge in [-0.15, -0.1) is 0 Å². The van der Waals surface area contributed by atoms with Crippen LogP contribution in [0.4, 0.5) is 5.69 Å². The van der Waals surface area contributed by atoms with Crippen LogP contribution in [-0.4, -0.2) is 25.2 Å². The molecule has 0 saturated carbocycles. The molecule has 0 aliphatic carbocycles. The van der Waals surface area contributed by atoms with E-state index in [1.165, 1.54) is 0 Å². The van der Waals surface area contributed by atoms with Crippen LogP contribution in [0.2, 0.25) is 5.02 Å². The van der Waals surface area contributed by atoms with E-state index < -0.39 is 5.97 Å². The quantitative estimate of drug-likeness (QED) is 0.859. The number of nitrogens with zero attached hydrogens (tertiary/aromatic N) is 1. The zero-order chi connectivity index (χ0) is 11.4. The summed E-state index contributed by atoms with van der Waals surface area (Å²) in [6, 6.07) is 5.58. The molecule has 0 atom stereocenters. The maximum Gasteiger partial charge on any atom is 0.303 e. The van der Waals surface area contributed by atoms with E-state index >= 15 is 0 Å². The molecule has 1 aromatic carbocycles. The number of carbonyl (C=O) groups is 1. The second-order valence-corrected chi connectivity index (χ2v) is 3.93. The van der Waals surface area contributed by atoms with E-state index in [9.17, 15) is 4.79 Å². The summed E-state index contributed by atoms with van der Waals surface area (Å²) in [5.41, 5.74) is 1.87. The normalized spacial score (nSPS) is 10.1. The van der Waals surface area contributed by atoms with Crippen molar-refractivity contribution in [3.05, 3.63) is 28.8 Å². The van der Waals surface area contributed by atoms with Crippen molar-refractivity contribution in [2.75, 3.05) is 19.0 Å². The van der Waals surface area contributed by atoms with Crippen LogP contribution >= 0.6 is 11.6 Å². The fourth-order valence-electron chi connectivity index (χ4n) is 1.45. The summed E-state index contributed by atoms with van der Waals surface area (Å²) in [4.78, 5) is 12.4. The molecule has 4 heteroatoms. The number of anilines is 1. The molecule has 0 fully saturated rings. The molecule has 0 radical (unpaired) electrons. The largest absolute Gasteiger partial charge is 0.481 e. The fourth-order valence-corrected chi connectivity index (χ4v) is 1.71. The molecule has 0 aliphatic rings. The van der Waals surface area contributed by atoms with Gasteiger partial charge in [0, 0.05) is 31.2 Å². The molecule has 0 amide bonds. The van der Waals surface area contributed by atoms with Crippen molar-refractivity contribution in [2.45, 2.75) is 12.8 Å². The molecule has 0 unspecified atom stereocenters. The van der Waals surface area contributed by atoms with Crippen molar-refractivity contribution in [1.29, 1.82) is 0 Å². The number of aliphatic carboxylic acids is 1. The molecule has 15 heavy (non-hydrogen) atoms. The van der Waals surface area contributed by atoms with E-state index in [4.69, 9.17) is 16.7 Å². The van der Waals surface area contributed by atoms with Crippen LogP contribution in [0.15, 0.2) is 18.2 Å². The van der Waals surface area contributed by atoms with Gasteiger partial charge in [-0.2, -0.15) is 0 Å². The first kappa shape index (κ1) is 11.9. The van der Waals surface area contributed by atoms with Gasteiger partial charge in [-0.3, -0.25) is 4.79 Å². The number of hydrogen-bond donors (Lipinski definition) is 1. The minimum Gasteiger partial charge on any atom is -0.481 e. The lowest BCUT2D eigenvalue weighted by molar-refractivity contribution is -0.136. The topological polar surface area (TPSA) is 40.5 Å². The van der Waals surface area contributed by atoms with E-state index in [0.717, 1.165) is 11.3 Å². The first-order valence-corrected chi connectivity index (χ1v) is 5.06. The first-order chi connectivity index (χ1) is 7.02. The Morgan fingerprint density at radius 1 is 1.47 bits per heavy atom. The highest BCUT2D eigenvalue weighted by molar-refractivity contribution is 6.31. The summed E-state index contributed by atoms with van der Waals surface area (Å²) in [5.74, 6) is -0.806. The van der Waals surface area contributed by atoms with Crippen molar-refractivity contribution in [3.8, 4) is 0 Å². The number of carboxylic acids is 1. The van der Waals surface area contributed by atoms with Crippen molar-refractivity contribution in [3.63, 3.8) is 0 Å². The number of benzene rings is 1. The minimum atomic E-state index is -0.806. The van der Waals surface area contributed by atoms with Gasteiger partial charge >= 0.3 is 5.97 Å². The van der Waals surface area contributed by atoms with Crippen molar-refractivity contribution in [2.24, 2.45) is 0 Å². The van der Waals surface area contributed by atoms with E-state index in [1.54, 1.807) is 6.07 Å². The van der Waals surface area contributed by atoms with Crippen LogP contribution in [0.25, 0.3) is 0 Å². The fraction of sp³-hybridized carbons (Fsp3) is 0.364. The van der Waals surface area contributed by atoms with E-state index in [0.29, 0.717) is 11.4 Å². The van der Waals surface area contributed by atoms with Gasteiger partial charge < -0.3 is 10.0 Å². The monoisotopic (exact) mass is 227 g/mol. The van der Waals surface area contributed by atoms with Gasteiger partial charge in [0.1, 0.15) is 0 Å². The predicted molar refractivity (Wildman–Crippen MR) is 61.7 cm³/mol.